The third-order valence-electron chi connectivity index (χ3n) is 3.34. The highest BCUT2D eigenvalue weighted by atomic mass is 16.2. The Morgan fingerprint density at radius 2 is 2.24 bits per heavy atom. The number of rotatable bonds is 4. The molecular weight excluding hydrogens is 212 g/mol. The number of hydrogen-bond donors (Lipinski definition) is 1. The Morgan fingerprint density at radius 3 is 3.00 bits per heavy atom. The molecular formula is C14H20N2O. The lowest BCUT2D eigenvalue weighted by Gasteiger charge is -2.20. The minimum atomic E-state index is 0.121. The molecule has 0 fully saturated rings. The molecule has 3 heteroatoms. The van der Waals surface area contributed by atoms with E-state index in [2.05, 4.69) is 35.3 Å². The minimum Gasteiger partial charge on any atom is -0.362 e. The van der Waals surface area contributed by atoms with Gasteiger partial charge in [-0.3, -0.25) is 4.79 Å². The Balaban J connectivity index is 1.95. The van der Waals surface area contributed by atoms with E-state index in [9.17, 15) is 4.79 Å². The summed E-state index contributed by atoms with van der Waals surface area (Å²) in [4.78, 5) is 14.0. The Kier molecular flexibility index (Phi) is 3.67. The molecule has 1 heterocycles. The van der Waals surface area contributed by atoms with E-state index in [0.29, 0.717) is 6.54 Å². The van der Waals surface area contributed by atoms with Crippen LogP contribution in [-0.2, 0) is 11.2 Å². The number of benzene rings is 1. The van der Waals surface area contributed by atoms with Crippen molar-refractivity contribution < 1.29 is 4.79 Å². The van der Waals surface area contributed by atoms with Crippen molar-refractivity contribution in [3.8, 4) is 0 Å². The summed E-state index contributed by atoms with van der Waals surface area (Å²) in [7, 11) is 0. The summed E-state index contributed by atoms with van der Waals surface area (Å²) in [6, 6.07) is 8.59. The van der Waals surface area contributed by atoms with E-state index in [1.807, 2.05) is 13.0 Å². The summed E-state index contributed by atoms with van der Waals surface area (Å²) in [6.45, 7) is 5.54. The van der Waals surface area contributed by atoms with Gasteiger partial charge in [-0.25, -0.2) is 0 Å². The molecule has 1 amide bonds. The Labute approximate surface area is 103 Å². The molecule has 0 aromatic heterocycles. The maximum absolute atomic E-state index is 11.8. The number of carbonyl (C=O) groups excluding carboxylic acids is 1. The van der Waals surface area contributed by atoms with Crippen molar-refractivity contribution in [2.45, 2.75) is 32.7 Å². The largest absolute Gasteiger partial charge is 0.362 e. The fraction of sp³-hybridized carbons (Fsp3) is 0.500. The molecule has 0 bridgehead atoms. The van der Waals surface area contributed by atoms with Gasteiger partial charge in [0.05, 0.1) is 6.54 Å². The number of hydrogen-bond acceptors (Lipinski definition) is 2. The van der Waals surface area contributed by atoms with Crippen molar-refractivity contribution >= 4 is 11.6 Å². The van der Waals surface area contributed by atoms with Gasteiger partial charge in [0, 0.05) is 18.3 Å². The van der Waals surface area contributed by atoms with Crippen LogP contribution in [0.5, 0.6) is 0 Å². The zero-order valence-electron chi connectivity index (χ0n) is 10.6. The lowest BCUT2D eigenvalue weighted by molar-refractivity contribution is -0.120. The molecule has 0 saturated carbocycles. The van der Waals surface area contributed by atoms with Gasteiger partial charge in [0.2, 0.25) is 5.91 Å². The first-order valence-corrected chi connectivity index (χ1v) is 6.33. The van der Waals surface area contributed by atoms with Crippen molar-refractivity contribution in [2.75, 3.05) is 18.0 Å². The highest BCUT2D eigenvalue weighted by Gasteiger charge is 2.20. The molecule has 92 valence electrons. The lowest BCUT2D eigenvalue weighted by Crippen LogP contribution is -2.40. The smallest absolute Gasteiger partial charge is 0.239 e. The van der Waals surface area contributed by atoms with Gasteiger partial charge >= 0.3 is 0 Å². The fourth-order valence-corrected chi connectivity index (χ4v) is 2.17. The molecule has 1 aromatic carbocycles. The zero-order chi connectivity index (χ0) is 12.3. The average Bonchev–Trinajstić information content (AvgIpc) is 2.72. The van der Waals surface area contributed by atoms with Gasteiger partial charge in [0.25, 0.3) is 0 Å². The Bertz CT molecular complexity index is 403. The van der Waals surface area contributed by atoms with Gasteiger partial charge < -0.3 is 10.2 Å². The van der Waals surface area contributed by atoms with Crippen LogP contribution in [-0.4, -0.2) is 25.0 Å². The standard InChI is InChI=1S/C14H20N2O/c1-3-11(2)15-14(17)10-16-9-8-12-6-4-5-7-13(12)16/h4-7,11H,3,8-10H2,1-2H3,(H,15,17). The highest BCUT2D eigenvalue weighted by molar-refractivity contribution is 5.82. The topological polar surface area (TPSA) is 32.3 Å². The summed E-state index contributed by atoms with van der Waals surface area (Å²) in [6.07, 6.45) is 2.02. The molecule has 0 saturated heterocycles. The van der Waals surface area contributed by atoms with Crippen molar-refractivity contribution in [2.24, 2.45) is 0 Å². The van der Waals surface area contributed by atoms with E-state index in [-0.39, 0.29) is 11.9 Å². The monoisotopic (exact) mass is 232 g/mol. The predicted molar refractivity (Wildman–Crippen MR) is 70.3 cm³/mol. The molecule has 1 aliphatic heterocycles. The molecule has 1 aromatic rings. The molecule has 0 radical (unpaired) electrons. The second-order valence-electron chi connectivity index (χ2n) is 4.68. The van der Waals surface area contributed by atoms with E-state index in [1.54, 1.807) is 0 Å². The number of amides is 1. The number of fused-ring (bicyclic) bond motifs is 1. The summed E-state index contributed by atoms with van der Waals surface area (Å²) >= 11 is 0. The summed E-state index contributed by atoms with van der Waals surface area (Å²) in [5.41, 5.74) is 2.57. The van der Waals surface area contributed by atoms with Crippen LogP contribution in [0.15, 0.2) is 24.3 Å². The van der Waals surface area contributed by atoms with E-state index >= 15 is 0 Å². The third-order valence-corrected chi connectivity index (χ3v) is 3.34. The SMILES string of the molecule is CCC(C)NC(=O)CN1CCc2ccccc21. The second-order valence-corrected chi connectivity index (χ2v) is 4.68. The van der Waals surface area contributed by atoms with Crippen LogP contribution in [0.2, 0.25) is 0 Å². The maximum atomic E-state index is 11.8. The van der Waals surface area contributed by atoms with E-state index in [0.717, 1.165) is 19.4 Å². The molecule has 0 aliphatic carbocycles. The number of nitrogens with one attached hydrogen (secondary N) is 1. The van der Waals surface area contributed by atoms with E-state index in [4.69, 9.17) is 0 Å². The van der Waals surface area contributed by atoms with Gasteiger partial charge in [-0.2, -0.15) is 0 Å². The Morgan fingerprint density at radius 1 is 1.47 bits per heavy atom. The van der Waals surface area contributed by atoms with Crippen molar-refractivity contribution in [3.05, 3.63) is 29.8 Å². The quantitative estimate of drug-likeness (QED) is 0.860. The fourth-order valence-electron chi connectivity index (χ4n) is 2.17. The Hall–Kier alpha value is -1.51. The number of carbonyl (C=O) groups is 1. The molecule has 0 spiro atoms. The van der Waals surface area contributed by atoms with Crippen LogP contribution in [0, 0.1) is 0 Å². The first-order chi connectivity index (χ1) is 8.20. The summed E-state index contributed by atoms with van der Waals surface area (Å²) in [5.74, 6) is 0.121. The molecule has 1 atom stereocenters. The normalized spacial score (nSPS) is 15.5. The van der Waals surface area contributed by atoms with Crippen LogP contribution < -0.4 is 10.2 Å². The van der Waals surface area contributed by atoms with E-state index in [1.165, 1.54) is 11.3 Å². The minimum absolute atomic E-state index is 0.121. The van der Waals surface area contributed by atoms with Crippen molar-refractivity contribution in [3.63, 3.8) is 0 Å². The zero-order valence-corrected chi connectivity index (χ0v) is 10.6. The van der Waals surface area contributed by atoms with Gasteiger partial charge in [-0.1, -0.05) is 25.1 Å². The predicted octanol–water partition coefficient (Wildman–Crippen LogP) is 1.96. The van der Waals surface area contributed by atoms with Gasteiger partial charge in [0.15, 0.2) is 0 Å². The molecule has 1 N–H and O–H groups in total. The van der Waals surface area contributed by atoms with Crippen LogP contribution in [0.25, 0.3) is 0 Å². The number of anilines is 1. The number of nitrogens with zero attached hydrogens (tertiary/aromatic N) is 1. The first kappa shape index (κ1) is 12.0. The average molecular weight is 232 g/mol. The van der Waals surface area contributed by atoms with Crippen LogP contribution >= 0.6 is 0 Å². The molecule has 2 rings (SSSR count). The maximum Gasteiger partial charge on any atom is 0.239 e. The van der Waals surface area contributed by atoms with Gasteiger partial charge in [0.1, 0.15) is 0 Å². The highest BCUT2D eigenvalue weighted by Crippen LogP contribution is 2.26. The van der Waals surface area contributed by atoms with Crippen LogP contribution in [0.4, 0.5) is 5.69 Å². The molecule has 17 heavy (non-hydrogen) atoms. The first-order valence-electron chi connectivity index (χ1n) is 6.33. The summed E-state index contributed by atoms with van der Waals surface area (Å²) in [5, 5.41) is 3.01. The molecule has 3 nitrogen and oxygen atoms in total. The van der Waals surface area contributed by atoms with Crippen LogP contribution in [0.3, 0.4) is 0 Å². The van der Waals surface area contributed by atoms with Gasteiger partial charge in [-0.15, -0.1) is 0 Å². The summed E-state index contributed by atoms with van der Waals surface area (Å²) < 4.78 is 0. The molecule has 1 unspecified atom stereocenters. The van der Waals surface area contributed by atoms with Crippen molar-refractivity contribution in [1.29, 1.82) is 0 Å². The lowest BCUT2D eigenvalue weighted by atomic mass is 10.2. The second kappa shape index (κ2) is 5.21. The van der Waals surface area contributed by atoms with Crippen molar-refractivity contribution in [1.82, 2.24) is 5.32 Å². The van der Waals surface area contributed by atoms with Crippen LogP contribution in [0.1, 0.15) is 25.8 Å². The molecule has 1 aliphatic rings. The van der Waals surface area contributed by atoms with E-state index < -0.39 is 0 Å². The third kappa shape index (κ3) is 2.78. The van der Waals surface area contributed by atoms with Gasteiger partial charge in [-0.05, 0) is 31.4 Å². The number of para-hydroxylation sites is 1.